The smallest absolute Gasteiger partial charge is 0.255 e. The molecule has 0 aliphatic rings. The molecule has 0 unspecified atom stereocenters. The number of fused-ring (bicyclic) bond motifs is 1. The van der Waals surface area contributed by atoms with Gasteiger partial charge in [-0.15, -0.1) is 0 Å². The number of carbonyl (C=O) groups is 1. The maximum Gasteiger partial charge on any atom is 0.255 e. The van der Waals surface area contributed by atoms with Crippen LogP contribution in [0.1, 0.15) is 23.0 Å². The van der Waals surface area contributed by atoms with Crippen molar-refractivity contribution in [3.05, 3.63) is 23.7 Å². The van der Waals surface area contributed by atoms with Gasteiger partial charge in [0.1, 0.15) is 5.56 Å². The van der Waals surface area contributed by atoms with Crippen LogP contribution in [-0.4, -0.2) is 26.9 Å². The van der Waals surface area contributed by atoms with E-state index in [1.807, 2.05) is 13.8 Å². The minimum absolute atomic E-state index is 0.230. The van der Waals surface area contributed by atoms with Crippen LogP contribution in [0.25, 0.3) is 5.78 Å². The zero-order chi connectivity index (χ0) is 11.7. The molecule has 2 heterocycles. The number of carbonyl (C=O) groups excluding carboxylic acids is 1. The summed E-state index contributed by atoms with van der Waals surface area (Å²) in [4.78, 5) is 19.5. The topological polar surface area (TPSA) is 82.5 Å². The van der Waals surface area contributed by atoms with Crippen LogP contribution in [0.15, 0.2) is 12.4 Å². The van der Waals surface area contributed by atoms with Crippen molar-refractivity contribution in [2.75, 3.05) is 6.61 Å². The number of hydrogen-bond acceptors (Lipinski definition) is 4. The zero-order valence-electron chi connectivity index (χ0n) is 9.10. The number of rotatable bonds is 3. The molecule has 16 heavy (non-hydrogen) atoms. The van der Waals surface area contributed by atoms with E-state index in [9.17, 15) is 4.79 Å². The van der Waals surface area contributed by atoms with Gasteiger partial charge < -0.3 is 10.5 Å². The van der Waals surface area contributed by atoms with E-state index in [1.54, 1.807) is 16.8 Å². The fourth-order valence-electron chi connectivity index (χ4n) is 1.44. The minimum atomic E-state index is -0.566. The van der Waals surface area contributed by atoms with Gasteiger partial charge >= 0.3 is 0 Å². The lowest BCUT2D eigenvalue weighted by molar-refractivity contribution is 0.0995. The van der Waals surface area contributed by atoms with Crippen LogP contribution in [0.4, 0.5) is 0 Å². The Balaban J connectivity index is 2.64. The van der Waals surface area contributed by atoms with Crippen molar-refractivity contribution in [1.82, 2.24) is 14.4 Å². The molecular weight excluding hydrogens is 208 g/mol. The highest BCUT2D eigenvalue weighted by atomic mass is 16.5. The van der Waals surface area contributed by atoms with Gasteiger partial charge in [-0.05, 0) is 13.8 Å². The highest BCUT2D eigenvalue weighted by molar-refractivity contribution is 5.94. The van der Waals surface area contributed by atoms with Crippen molar-refractivity contribution in [3.8, 4) is 5.88 Å². The van der Waals surface area contributed by atoms with Crippen molar-refractivity contribution < 1.29 is 9.53 Å². The van der Waals surface area contributed by atoms with Gasteiger partial charge in [-0.25, -0.2) is 4.98 Å². The van der Waals surface area contributed by atoms with Crippen molar-refractivity contribution in [3.63, 3.8) is 0 Å². The molecule has 0 fully saturated rings. The second-order valence-corrected chi connectivity index (χ2v) is 3.35. The molecule has 0 aliphatic heterocycles. The molecule has 6 nitrogen and oxygen atoms in total. The Morgan fingerprint density at radius 1 is 1.50 bits per heavy atom. The second-order valence-electron chi connectivity index (χ2n) is 3.35. The fourth-order valence-corrected chi connectivity index (χ4v) is 1.44. The van der Waals surface area contributed by atoms with Gasteiger partial charge in [0.05, 0.1) is 12.3 Å². The lowest BCUT2D eigenvalue weighted by Gasteiger charge is -2.06. The zero-order valence-corrected chi connectivity index (χ0v) is 9.10. The first-order valence-electron chi connectivity index (χ1n) is 4.90. The van der Waals surface area contributed by atoms with Crippen LogP contribution in [0.5, 0.6) is 5.88 Å². The number of primary amides is 1. The molecule has 0 bridgehead atoms. The summed E-state index contributed by atoms with van der Waals surface area (Å²) < 4.78 is 6.90. The molecule has 0 spiro atoms. The maximum absolute atomic E-state index is 11.2. The van der Waals surface area contributed by atoms with Gasteiger partial charge in [-0.1, -0.05) is 0 Å². The van der Waals surface area contributed by atoms with E-state index in [4.69, 9.17) is 10.5 Å². The van der Waals surface area contributed by atoms with Gasteiger partial charge in [0, 0.05) is 12.4 Å². The highest BCUT2D eigenvalue weighted by Crippen LogP contribution is 2.16. The number of hydrogen-bond donors (Lipinski definition) is 1. The van der Waals surface area contributed by atoms with Crippen LogP contribution >= 0.6 is 0 Å². The second kappa shape index (κ2) is 3.80. The third-order valence-corrected chi connectivity index (χ3v) is 2.08. The van der Waals surface area contributed by atoms with Crippen molar-refractivity contribution in [2.45, 2.75) is 13.8 Å². The molecule has 2 aromatic rings. The molecular formula is C10H12N4O2. The number of nitrogens with two attached hydrogens (primary N) is 1. The Morgan fingerprint density at radius 3 is 2.88 bits per heavy atom. The summed E-state index contributed by atoms with van der Waals surface area (Å²) in [5, 5.41) is 0. The van der Waals surface area contributed by atoms with Gasteiger partial charge in [0.2, 0.25) is 11.7 Å². The molecule has 0 saturated heterocycles. The quantitative estimate of drug-likeness (QED) is 0.818. The number of aryl methyl sites for hydroxylation is 1. The van der Waals surface area contributed by atoms with E-state index >= 15 is 0 Å². The van der Waals surface area contributed by atoms with E-state index in [0.29, 0.717) is 12.4 Å². The maximum atomic E-state index is 11.2. The molecule has 84 valence electrons. The Labute approximate surface area is 92.1 Å². The van der Waals surface area contributed by atoms with E-state index in [-0.39, 0.29) is 11.4 Å². The normalized spacial score (nSPS) is 10.6. The lowest BCUT2D eigenvalue weighted by Crippen LogP contribution is -2.15. The molecule has 0 saturated carbocycles. The molecule has 2 aromatic heterocycles. The summed E-state index contributed by atoms with van der Waals surface area (Å²) in [6.45, 7) is 4.08. The summed E-state index contributed by atoms with van der Waals surface area (Å²) in [7, 11) is 0. The SMILES string of the molecule is CCOc1nc2nc(C)cn2cc1C(N)=O. The molecule has 0 aliphatic carbocycles. The number of aromatic nitrogens is 3. The van der Waals surface area contributed by atoms with Gasteiger partial charge in [0.15, 0.2) is 0 Å². The first-order chi connectivity index (χ1) is 7.61. The van der Waals surface area contributed by atoms with E-state index < -0.39 is 5.91 Å². The molecule has 2 N–H and O–H groups in total. The monoisotopic (exact) mass is 220 g/mol. The minimum Gasteiger partial charge on any atom is -0.477 e. The van der Waals surface area contributed by atoms with Gasteiger partial charge in [0.25, 0.3) is 5.91 Å². The molecule has 6 heteroatoms. The fraction of sp³-hybridized carbons (Fsp3) is 0.300. The predicted octanol–water partition coefficient (Wildman–Crippen LogP) is 0.535. The summed E-state index contributed by atoms with van der Waals surface area (Å²) >= 11 is 0. The summed E-state index contributed by atoms with van der Waals surface area (Å²) in [6, 6.07) is 0. The van der Waals surface area contributed by atoms with E-state index in [1.165, 1.54) is 0 Å². The highest BCUT2D eigenvalue weighted by Gasteiger charge is 2.13. The Morgan fingerprint density at radius 2 is 2.25 bits per heavy atom. The number of amides is 1. The Hall–Kier alpha value is -2.11. The molecule has 2 rings (SSSR count). The summed E-state index contributed by atoms with van der Waals surface area (Å²) in [5.41, 5.74) is 6.32. The van der Waals surface area contributed by atoms with Crippen LogP contribution < -0.4 is 10.5 Å². The average molecular weight is 220 g/mol. The summed E-state index contributed by atoms with van der Waals surface area (Å²) in [6.07, 6.45) is 3.35. The van der Waals surface area contributed by atoms with Crippen molar-refractivity contribution in [1.29, 1.82) is 0 Å². The lowest BCUT2D eigenvalue weighted by atomic mass is 10.3. The Bertz CT molecular complexity index is 547. The van der Waals surface area contributed by atoms with E-state index in [2.05, 4.69) is 9.97 Å². The molecule has 1 amide bonds. The molecule has 0 aromatic carbocycles. The van der Waals surface area contributed by atoms with Gasteiger partial charge in [-0.2, -0.15) is 4.98 Å². The van der Waals surface area contributed by atoms with Crippen molar-refractivity contribution >= 4 is 11.7 Å². The molecule has 0 atom stereocenters. The summed E-state index contributed by atoms with van der Waals surface area (Å²) in [5.74, 6) is 0.156. The Kier molecular flexibility index (Phi) is 2.47. The van der Waals surface area contributed by atoms with Crippen molar-refractivity contribution in [2.24, 2.45) is 5.73 Å². The third-order valence-electron chi connectivity index (χ3n) is 2.08. The predicted molar refractivity (Wildman–Crippen MR) is 57.4 cm³/mol. The average Bonchev–Trinajstić information content (AvgIpc) is 2.56. The molecule has 0 radical (unpaired) electrons. The third kappa shape index (κ3) is 1.69. The van der Waals surface area contributed by atoms with Crippen LogP contribution in [-0.2, 0) is 0 Å². The van der Waals surface area contributed by atoms with E-state index in [0.717, 1.165) is 5.69 Å². The van der Waals surface area contributed by atoms with Crippen LogP contribution in [0.2, 0.25) is 0 Å². The number of imidazole rings is 1. The largest absolute Gasteiger partial charge is 0.477 e. The van der Waals surface area contributed by atoms with Gasteiger partial charge in [-0.3, -0.25) is 9.20 Å². The standard InChI is InChI=1S/C10H12N4O2/c1-3-16-9-7(8(11)15)5-14-4-6(2)12-10(14)13-9/h4-5H,3H2,1-2H3,(H2,11,15). The first-order valence-corrected chi connectivity index (χ1v) is 4.90. The number of nitrogens with zero attached hydrogens (tertiary/aromatic N) is 3. The van der Waals surface area contributed by atoms with Crippen LogP contribution in [0.3, 0.4) is 0 Å². The first kappa shape index (κ1) is 10.4. The number of ether oxygens (including phenoxy) is 1. The van der Waals surface area contributed by atoms with Crippen LogP contribution in [0, 0.1) is 6.92 Å².